The summed E-state index contributed by atoms with van der Waals surface area (Å²) >= 11 is 0. The molecule has 43 heavy (non-hydrogen) atoms. The van der Waals surface area contributed by atoms with Gasteiger partial charge in [0.15, 0.2) is 5.82 Å². The van der Waals surface area contributed by atoms with Crippen molar-refractivity contribution in [2.45, 2.75) is 83.5 Å². The molecular formula is C26H35N9O8. The number of anilines is 1. The van der Waals surface area contributed by atoms with Crippen molar-refractivity contribution in [3.63, 3.8) is 0 Å². The molecule has 0 aromatic carbocycles. The molecule has 4 atom stereocenters. The van der Waals surface area contributed by atoms with Gasteiger partial charge in [-0.25, -0.2) is 4.98 Å². The number of carboxylic acid groups (broad SMARTS) is 2. The van der Waals surface area contributed by atoms with Crippen molar-refractivity contribution < 1.29 is 39.0 Å². The Balaban J connectivity index is 1.86. The van der Waals surface area contributed by atoms with Crippen molar-refractivity contribution in [2.24, 2.45) is 5.92 Å². The van der Waals surface area contributed by atoms with E-state index in [9.17, 15) is 33.9 Å². The van der Waals surface area contributed by atoms with Crippen molar-refractivity contribution in [3.8, 4) is 0 Å². The predicted octanol–water partition coefficient (Wildman–Crippen LogP) is -0.696. The number of rotatable bonds is 16. The van der Waals surface area contributed by atoms with Gasteiger partial charge in [-0.15, -0.1) is 10.2 Å². The smallest absolute Gasteiger partial charge is 0.303 e. The maximum Gasteiger partial charge on any atom is 0.303 e. The SMILES string of the molecule is CC[C@H](C)[C@H](NC(=O)CCC(=O)O)C(=O)N[C@@H](CCCC(=O)O)C(=O)N1c2ncccc2C[C@H]1C(=O)NCc1nn[nH]n1. The van der Waals surface area contributed by atoms with Gasteiger partial charge in [-0.05, 0) is 30.4 Å². The third kappa shape index (κ3) is 9.01. The van der Waals surface area contributed by atoms with Crippen molar-refractivity contribution in [1.29, 1.82) is 0 Å². The second kappa shape index (κ2) is 15.3. The fourth-order valence-corrected chi connectivity index (χ4v) is 4.58. The summed E-state index contributed by atoms with van der Waals surface area (Å²) in [6, 6.07) is -0.0199. The van der Waals surface area contributed by atoms with Gasteiger partial charge >= 0.3 is 11.9 Å². The molecule has 6 N–H and O–H groups in total. The number of hydrogen-bond donors (Lipinski definition) is 6. The first-order valence-corrected chi connectivity index (χ1v) is 13.8. The van der Waals surface area contributed by atoms with E-state index in [1.165, 1.54) is 11.1 Å². The third-order valence-electron chi connectivity index (χ3n) is 7.05. The number of nitrogens with zero attached hydrogens (tertiary/aromatic N) is 5. The van der Waals surface area contributed by atoms with Crippen LogP contribution < -0.4 is 20.9 Å². The van der Waals surface area contributed by atoms with E-state index in [1.807, 2.05) is 0 Å². The number of aromatic nitrogens is 5. The average molecular weight is 602 g/mol. The lowest BCUT2D eigenvalue weighted by Crippen LogP contribution is -2.58. The molecule has 0 saturated carbocycles. The molecule has 0 fully saturated rings. The lowest BCUT2D eigenvalue weighted by molar-refractivity contribution is -0.139. The van der Waals surface area contributed by atoms with Gasteiger partial charge in [-0.1, -0.05) is 31.5 Å². The molecule has 0 unspecified atom stereocenters. The van der Waals surface area contributed by atoms with E-state index < -0.39 is 60.1 Å². The van der Waals surface area contributed by atoms with E-state index in [2.05, 4.69) is 41.6 Å². The molecule has 0 aliphatic carbocycles. The Morgan fingerprint density at radius 3 is 2.49 bits per heavy atom. The highest BCUT2D eigenvalue weighted by molar-refractivity contribution is 6.06. The highest BCUT2D eigenvalue weighted by Crippen LogP contribution is 2.31. The molecule has 3 rings (SSSR count). The van der Waals surface area contributed by atoms with E-state index in [0.717, 1.165) is 0 Å². The Hall–Kier alpha value is -4.96. The van der Waals surface area contributed by atoms with Gasteiger partial charge in [-0.2, -0.15) is 5.21 Å². The molecule has 2 aromatic heterocycles. The summed E-state index contributed by atoms with van der Waals surface area (Å²) in [6.07, 6.45) is 0.989. The highest BCUT2D eigenvalue weighted by Gasteiger charge is 2.42. The molecule has 4 amide bonds. The summed E-state index contributed by atoms with van der Waals surface area (Å²) in [7, 11) is 0. The van der Waals surface area contributed by atoms with Crippen molar-refractivity contribution in [3.05, 3.63) is 29.7 Å². The minimum Gasteiger partial charge on any atom is -0.481 e. The number of amides is 4. The summed E-state index contributed by atoms with van der Waals surface area (Å²) in [4.78, 5) is 80.8. The Morgan fingerprint density at radius 1 is 1.09 bits per heavy atom. The molecule has 3 heterocycles. The maximum atomic E-state index is 14.1. The van der Waals surface area contributed by atoms with Crippen molar-refractivity contribution >= 4 is 41.4 Å². The van der Waals surface area contributed by atoms with Crippen LogP contribution in [-0.2, 0) is 41.7 Å². The van der Waals surface area contributed by atoms with Crippen LogP contribution in [0.1, 0.15) is 63.8 Å². The molecule has 232 valence electrons. The number of carboxylic acids is 2. The third-order valence-corrected chi connectivity index (χ3v) is 7.05. The molecule has 0 saturated heterocycles. The maximum absolute atomic E-state index is 14.1. The molecule has 17 nitrogen and oxygen atoms in total. The number of tetrazole rings is 1. The fraction of sp³-hybridized carbons (Fsp3) is 0.538. The van der Waals surface area contributed by atoms with Gasteiger partial charge in [0.1, 0.15) is 23.9 Å². The minimum absolute atomic E-state index is 0.0304. The summed E-state index contributed by atoms with van der Waals surface area (Å²) < 4.78 is 0. The number of pyridine rings is 1. The molecule has 0 radical (unpaired) electrons. The fourth-order valence-electron chi connectivity index (χ4n) is 4.58. The zero-order valence-corrected chi connectivity index (χ0v) is 23.8. The van der Waals surface area contributed by atoms with E-state index in [4.69, 9.17) is 5.11 Å². The summed E-state index contributed by atoms with van der Waals surface area (Å²) in [5, 5.41) is 39.2. The standard InChI is InChI=1S/C26H35N9O8/c1-3-14(2)22(30-19(36)9-10-21(39)40)25(42)29-16(7-4-8-20(37)38)26(43)35-17(12-15-6-5-11-27-23(15)35)24(41)28-13-18-31-33-34-32-18/h5-6,11,14,16-17,22H,3-4,7-10,12-13H2,1-2H3,(H,28,41)(H,29,42)(H,30,36)(H,37,38)(H,39,40)(H,31,32,33,34)/t14-,16-,17-,22-/m0/s1. The lowest BCUT2D eigenvalue weighted by atomic mass is 9.97. The molecule has 0 bridgehead atoms. The molecule has 1 aliphatic heterocycles. The first-order valence-electron chi connectivity index (χ1n) is 13.8. The number of hydrogen-bond acceptors (Lipinski definition) is 10. The summed E-state index contributed by atoms with van der Waals surface area (Å²) in [6.45, 7) is 3.46. The van der Waals surface area contributed by atoms with E-state index in [0.29, 0.717) is 12.0 Å². The predicted molar refractivity (Wildman–Crippen MR) is 147 cm³/mol. The Bertz CT molecular complexity index is 1320. The largest absolute Gasteiger partial charge is 0.481 e. The van der Waals surface area contributed by atoms with E-state index in [-0.39, 0.29) is 56.2 Å². The summed E-state index contributed by atoms with van der Waals surface area (Å²) in [5.74, 6) is -4.76. The summed E-state index contributed by atoms with van der Waals surface area (Å²) in [5.41, 5.74) is 0.620. The number of carbonyl (C=O) groups excluding carboxylic acids is 4. The number of H-pyrrole nitrogens is 1. The van der Waals surface area contributed by atoms with Crippen LogP contribution in [-0.4, -0.2) is 89.5 Å². The van der Waals surface area contributed by atoms with Crippen LogP contribution >= 0.6 is 0 Å². The Labute approximate surface area is 246 Å². The van der Waals surface area contributed by atoms with Crippen LogP contribution in [0.5, 0.6) is 0 Å². The molecule has 17 heteroatoms. The molecule has 1 aliphatic rings. The van der Waals surface area contributed by atoms with Crippen molar-refractivity contribution in [1.82, 2.24) is 41.6 Å². The first kappa shape index (κ1) is 32.6. The van der Waals surface area contributed by atoms with Gasteiger partial charge in [0, 0.05) is 25.5 Å². The average Bonchev–Trinajstić information content (AvgIpc) is 3.64. The first-order chi connectivity index (χ1) is 20.5. The number of fused-ring (bicyclic) bond motifs is 1. The normalized spacial score (nSPS) is 16.0. The topological polar surface area (TPSA) is 250 Å². The highest BCUT2D eigenvalue weighted by atomic mass is 16.4. The molecule has 2 aromatic rings. The number of aliphatic carboxylic acids is 2. The van der Waals surface area contributed by atoms with Gasteiger partial charge < -0.3 is 26.2 Å². The zero-order chi connectivity index (χ0) is 31.5. The number of nitrogens with one attached hydrogen (secondary N) is 4. The number of carbonyl (C=O) groups is 6. The van der Waals surface area contributed by atoms with Crippen LogP contribution in [0.4, 0.5) is 5.82 Å². The van der Waals surface area contributed by atoms with Gasteiger partial charge in [0.05, 0.1) is 13.0 Å². The quantitative estimate of drug-likeness (QED) is 0.140. The zero-order valence-electron chi connectivity index (χ0n) is 23.8. The van der Waals surface area contributed by atoms with Crippen LogP contribution in [0.3, 0.4) is 0 Å². The van der Waals surface area contributed by atoms with Gasteiger partial charge in [0.25, 0.3) is 5.91 Å². The van der Waals surface area contributed by atoms with Gasteiger partial charge in [0.2, 0.25) is 17.7 Å². The van der Waals surface area contributed by atoms with Crippen LogP contribution in [0.15, 0.2) is 18.3 Å². The molecule has 0 spiro atoms. The Morgan fingerprint density at radius 2 is 1.84 bits per heavy atom. The van der Waals surface area contributed by atoms with Crippen molar-refractivity contribution in [2.75, 3.05) is 4.90 Å². The van der Waals surface area contributed by atoms with Crippen LogP contribution in [0, 0.1) is 5.92 Å². The lowest BCUT2D eigenvalue weighted by Gasteiger charge is -2.30. The van der Waals surface area contributed by atoms with Gasteiger partial charge in [-0.3, -0.25) is 33.7 Å². The minimum atomic E-state index is -1.27. The monoisotopic (exact) mass is 601 g/mol. The van der Waals surface area contributed by atoms with Crippen LogP contribution in [0.25, 0.3) is 0 Å². The molecular weight excluding hydrogens is 566 g/mol. The van der Waals surface area contributed by atoms with E-state index >= 15 is 0 Å². The number of aromatic amines is 1. The second-order valence-electron chi connectivity index (χ2n) is 10.1. The van der Waals surface area contributed by atoms with E-state index in [1.54, 1.807) is 26.0 Å². The second-order valence-corrected chi connectivity index (χ2v) is 10.1. The Kier molecular flexibility index (Phi) is 11.6. The van der Waals surface area contributed by atoms with Crippen LogP contribution in [0.2, 0.25) is 0 Å².